The predicted octanol–water partition coefficient (Wildman–Crippen LogP) is 3.14. The van der Waals surface area contributed by atoms with Crippen molar-refractivity contribution in [3.05, 3.63) is 16.1 Å². The molecular weight excluding hydrogens is 284 g/mol. The molecule has 1 aliphatic heterocycles. The summed E-state index contributed by atoms with van der Waals surface area (Å²) in [7, 11) is 1.74. The van der Waals surface area contributed by atoms with E-state index in [4.69, 9.17) is 14.5 Å². The highest BCUT2D eigenvalue weighted by Crippen LogP contribution is 2.34. The molecule has 21 heavy (non-hydrogen) atoms. The van der Waals surface area contributed by atoms with Gasteiger partial charge in [-0.3, -0.25) is 0 Å². The highest BCUT2D eigenvalue weighted by atomic mass is 32.1. The molecule has 0 bridgehead atoms. The second-order valence-corrected chi connectivity index (χ2v) is 7.59. The maximum absolute atomic E-state index is 5.50. The van der Waals surface area contributed by atoms with E-state index in [1.54, 1.807) is 18.4 Å². The SMILES string of the molecule is COCCNC(c1nc(C(C)(C)C)cs1)C1CCOCC1. The Hall–Kier alpha value is -0.490. The van der Waals surface area contributed by atoms with Crippen LogP contribution in [0.1, 0.15) is 50.4 Å². The van der Waals surface area contributed by atoms with E-state index in [-0.39, 0.29) is 5.41 Å². The van der Waals surface area contributed by atoms with Crippen LogP contribution in [-0.4, -0.2) is 38.5 Å². The van der Waals surface area contributed by atoms with E-state index in [2.05, 4.69) is 31.5 Å². The molecule has 120 valence electrons. The Bertz CT molecular complexity index is 422. The summed E-state index contributed by atoms with van der Waals surface area (Å²) < 4.78 is 10.7. The van der Waals surface area contributed by atoms with Gasteiger partial charge in [-0.15, -0.1) is 11.3 Å². The van der Waals surface area contributed by atoms with Crippen LogP contribution in [0.4, 0.5) is 0 Å². The molecule has 2 rings (SSSR count). The van der Waals surface area contributed by atoms with Crippen molar-refractivity contribution < 1.29 is 9.47 Å². The van der Waals surface area contributed by atoms with E-state index < -0.39 is 0 Å². The number of ether oxygens (including phenoxy) is 2. The number of nitrogens with one attached hydrogen (secondary N) is 1. The minimum atomic E-state index is 0.113. The molecule has 1 unspecified atom stereocenters. The van der Waals surface area contributed by atoms with E-state index in [9.17, 15) is 0 Å². The molecule has 0 aliphatic carbocycles. The number of hydrogen-bond donors (Lipinski definition) is 1. The molecule has 5 heteroatoms. The number of hydrogen-bond acceptors (Lipinski definition) is 5. The van der Waals surface area contributed by atoms with E-state index in [0.717, 1.165) is 39.2 Å². The molecule has 1 aromatic rings. The molecular formula is C16H28N2O2S. The summed E-state index contributed by atoms with van der Waals surface area (Å²) in [5, 5.41) is 7.06. The van der Waals surface area contributed by atoms with Crippen LogP contribution >= 0.6 is 11.3 Å². The molecule has 1 aromatic heterocycles. The Labute approximate surface area is 132 Å². The first-order valence-electron chi connectivity index (χ1n) is 7.78. The predicted molar refractivity (Wildman–Crippen MR) is 87.0 cm³/mol. The maximum Gasteiger partial charge on any atom is 0.110 e. The molecule has 1 aliphatic rings. The zero-order valence-corrected chi connectivity index (χ0v) is 14.5. The third-order valence-corrected chi connectivity index (χ3v) is 4.89. The lowest BCUT2D eigenvalue weighted by Crippen LogP contribution is -2.34. The number of nitrogens with zero attached hydrogens (tertiary/aromatic N) is 1. The first-order valence-corrected chi connectivity index (χ1v) is 8.66. The van der Waals surface area contributed by atoms with Crippen molar-refractivity contribution in [3.63, 3.8) is 0 Å². The van der Waals surface area contributed by atoms with Crippen LogP contribution in [0.2, 0.25) is 0 Å². The van der Waals surface area contributed by atoms with Gasteiger partial charge >= 0.3 is 0 Å². The number of methoxy groups -OCH3 is 1. The summed E-state index contributed by atoms with van der Waals surface area (Å²) in [4.78, 5) is 4.91. The highest BCUT2D eigenvalue weighted by Gasteiger charge is 2.28. The van der Waals surface area contributed by atoms with Crippen molar-refractivity contribution >= 4 is 11.3 Å². The van der Waals surface area contributed by atoms with Gasteiger partial charge in [0.25, 0.3) is 0 Å². The molecule has 1 saturated heterocycles. The largest absolute Gasteiger partial charge is 0.383 e. The standard InChI is InChI=1S/C16H28N2O2S/c1-16(2,3)13-11-21-15(18-13)14(17-7-10-19-4)12-5-8-20-9-6-12/h11-12,14,17H,5-10H2,1-4H3. The Balaban J connectivity index is 2.11. The molecule has 2 heterocycles. The summed E-state index contributed by atoms with van der Waals surface area (Å²) in [6.45, 7) is 9.98. The van der Waals surface area contributed by atoms with E-state index >= 15 is 0 Å². The lowest BCUT2D eigenvalue weighted by molar-refractivity contribution is 0.0524. The number of rotatable bonds is 6. The fraction of sp³-hybridized carbons (Fsp3) is 0.812. The molecule has 0 aromatic carbocycles. The molecule has 1 atom stereocenters. The molecule has 1 N–H and O–H groups in total. The van der Waals surface area contributed by atoms with Gasteiger partial charge in [-0.2, -0.15) is 0 Å². The quantitative estimate of drug-likeness (QED) is 0.820. The summed E-state index contributed by atoms with van der Waals surface area (Å²) in [5.74, 6) is 0.606. The second kappa shape index (κ2) is 7.68. The Kier molecular flexibility index (Phi) is 6.17. The van der Waals surface area contributed by atoms with Crippen LogP contribution in [0, 0.1) is 5.92 Å². The summed E-state index contributed by atoms with van der Waals surface area (Å²) in [5.41, 5.74) is 1.30. The van der Waals surface area contributed by atoms with Crippen LogP contribution in [0.3, 0.4) is 0 Å². The van der Waals surface area contributed by atoms with Gasteiger partial charge in [-0.05, 0) is 18.8 Å². The average Bonchev–Trinajstić information content (AvgIpc) is 2.94. The maximum atomic E-state index is 5.50. The minimum absolute atomic E-state index is 0.113. The molecule has 4 nitrogen and oxygen atoms in total. The molecule has 0 saturated carbocycles. The van der Waals surface area contributed by atoms with E-state index in [1.807, 2.05) is 0 Å². The fourth-order valence-corrected chi connectivity index (χ4v) is 3.81. The van der Waals surface area contributed by atoms with Crippen molar-refractivity contribution in [2.24, 2.45) is 5.92 Å². The molecule has 1 fully saturated rings. The minimum Gasteiger partial charge on any atom is -0.383 e. The van der Waals surface area contributed by atoms with Crippen molar-refractivity contribution in [1.82, 2.24) is 10.3 Å². The Morgan fingerprint density at radius 1 is 1.43 bits per heavy atom. The van der Waals surface area contributed by atoms with Crippen molar-refractivity contribution in [3.8, 4) is 0 Å². The molecule has 0 radical (unpaired) electrons. The van der Waals surface area contributed by atoms with Crippen LogP contribution in [0.15, 0.2) is 5.38 Å². The number of thiazole rings is 1. The summed E-state index contributed by atoms with van der Waals surface area (Å²) in [6.07, 6.45) is 2.21. The fourth-order valence-electron chi connectivity index (χ4n) is 2.60. The Morgan fingerprint density at radius 2 is 2.14 bits per heavy atom. The van der Waals surface area contributed by atoms with Gasteiger partial charge in [-0.1, -0.05) is 20.8 Å². The lowest BCUT2D eigenvalue weighted by atomic mass is 9.91. The average molecular weight is 312 g/mol. The normalized spacial score (nSPS) is 18.9. The molecule has 0 amide bonds. The summed E-state index contributed by atoms with van der Waals surface area (Å²) >= 11 is 1.78. The van der Waals surface area contributed by atoms with Gasteiger partial charge in [0.15, 0.2) is 0 Å². The first kappa shape index (κ1) is 16.9. The van der Waals surface area contributed by atoms with Gasteiger partial charge in [0.1, 0.15) is 5.01 Å². The number of aromatic nitrogens is 1. The van der Waals surface area contributed by atoms with E-state index in [0.29, 0.717) is 12.0 Å². The molecule has 0 spiro atoms. The van der Waals surface area contributed by atoms with Gasteiger partial charge in [0, 0.05) is 37.7 Å². The topological polar surface area (TPSA) is 43.4 Å². The summed E-state index contributed by atoms with van der Waals surface area (Å²) in [6, 6.07) is 0.324. The third kappa shape index (κ3) is 4.74. The van der Waals surface area contributed by atoms with Crippen LogP contribution < -0.4 is 5.32 Å². The van der Waals surface area contributed by atoms with E-state index in [1.165, 1.54) is 10.7 Å². The van der Waals surface area contributed by atoms with Crippen molar-refractivity contribution in [2.45, 2.75) is 45.1 Å². The van der Waals surface area contributed by atoms with Crippen LogP contribution in [0.5, 0.6) is 0 Å². The lowest BCUT2D eigenvalue weighted by Gasteiger charge is -2.30. The third-order valence-electron chi connectivity index (χ3n) is 3.96. The Morgan fingerprint density at radius 3 is 2.71 bits per heavy atom. The van der Waals surface area contributed by atoms with Gasteiger partial charge in [0.05, 0.1) is 18.3 Å². The van der Waals surface area contributed by atoms with Crippen LogP contribution in [-0.2, 0) is 14.9 Å². The monoisotopic (exact) mass is 312 g/mol. The zero-order chi connectivity index (χ0) is 15.3. The van der Waals surface area contributed by atoms with Crippen LogP contribution in [0.25, 0.3) is 0 Å². The zero-order valence-electron chi connectivity index (χ0n) is 13.6. The smallest absolute Gasteiger partial charge is 0.110 e. The van der Waals surface area contributed by atoms with Gasteiger partial charge in [-0.25, -0.2) is 4.98 Å². The van der Waals surface area contributed by atoms with Crippen molar-refractivity contribution in [2.75, 3.05) is 33.5 Å². The van der Waals surface area contributed by atoms with Crippen molar-refractivity contribution in [1.29, 1.82) is 0 Å². The second-order valence-electron chi connectivity index (χ2n) is 6.70. The van der Waals surface area contributed by atoms with Gasteiger partial charge in [0.2, 0.25) is 0 Å². The first-order chi connectivity index (χ1) is 10.0. The highest BCUT2D eigenvalue weighted by molar-refractivity contribution is 7.09. The van der Waals surface area contributed by atoms with Gasteiger partial charge < -0.3 is 14.8 Å².